The SMILES string of the molecule is CNC(=O)[C@H](C)N(Cc1ccc(F)cc1)C(=O)Cc1ccccc1Cl. The molecular formula is C19H20ClFN2O2. The van der Waals surface area contributed by atoms with Gasteiger partial charge in [0, 0.05) is 18.6 Å². The number of nitrogens with one attached hydrogen (secondary N) is 1. The van der Waals surface area contributed by atoms with Crippen molar-refractivity contribution in [2.24, 2.45) is 0 Å². The van der Waals surface area contributed by atoms with E-state index in [0.29, 0.717) is 10.6 Å². The second kappa shape index (κ2) is 8.62. The summed E-state index contributed by atoms with van der Waals surface area (Å²) < 4.78 is 13.1. The van der Waals surface area contributed by atoms with Gasteiger partial charge in [0.15, 0.2) is 0 Å². The van der Waals surface area contributed by atoms with Gasteiger partial charge in [0.2, 0.25) is 11.8 Å². The average molecular weight is 363 g/mol. The van der Waals surface area contributed by atoms with Crippen LogP contribution in [-0.4, -0.2) is 29.8 Å². The van der Waals surface area contributed by atoms with Gasteiger partial charge in [0.05, 0.1) is 6.42 Å². The van der Waals surface area contributed by atoms with E-state index in [1.807, 2.05) is 0 Å². The van der Waals surface area contributed by atoms with Crippen LogP contribution in [0.3, 0.4) is 0 Å². The first-order chi connectivity index (χ1) is 11.9. The Balaban J connectivity index is 2.23. The Bertz CT molecular complexity index is 749. The summed E-state index contributed by atoms with van der Waals surface area (Å²) in [5, 5.41) is 3.06. The van der Waals surface area contributed by atoms with Gasteiger partial charge in [0.1, 0.15) is 11.9 Å². The number of hydrogen-bond acceptors (Lipinski definition) is 2. The summed E-state index contributed by atoms with van der Waals surface area (Å²) in [4.78, 5) is 26.3. The van der Waals surface area contributed by atoms with Gasteiger partial charge in [-0.3, -0.25) is 9.59 Å². The number of rotatable bonds is 6. The lowest BCUT2D eigenvalue weighted by Gasteiger charge is -2.28. The first-order valence-corrected chi connectivity index (χ1v) is 8.29. The van der Waals surface area contributed by atoms with Crippen molar-refractivity contribution in [3.8, 4) is 0 Å². The molecule has 0 aliphatic carbocycles. The Hall–Kier alpha value is -2.40. The molecule has 0 aliphatic rings. The number of halogens is 2. The van der Waals surface area contributed by atoms with Gasteiger partial charge in [-0.15, -0.1) is 0 Å². The summed E-state index contributed by atoms with van der Waals surface area (Å²) in [5.74, 6) is -0.847. The van der Waals surface area contributed by atoms with Crippen LogP contribution in [0.4, 0.5) is 4.39 Å². The molecule has 6 heteroatoms. The maximum Gasteiger partial charge on any atom is 0.242 e. The van der Waals surface area contributed by atoms with E-state index in [1.165, 1.54) is 24.1 Å². The van der Waals surface area contributed by atoms with Crippen molar-refractivity contribution in [3.05, 3.63) is 70.5 Å². The second-order valence-corrected chi connectivity index (χ2v) is 6.11. The van der Waals surface area contributed by atoms with E-state index in [4.69, 9.17) is 11.6 Å². The fourth-order valence-electron chi connectivity index (χ4n) is 2.48. The molecule has 0 heterocycles. The molecule has 2 amide bonds. The number of hydrogen-bond donors (Lipinski definition) is 1. The van der Waals surface area contributed by atoms with Crippen LogP contribution in [-0.2, 0) is 22.6 Å². The van der Waals surface area contributed by atoms with Crippen LogP contribution in [0.15, 0.2) is 48.5 Å². The maximum atomic E-state index is 13.1. The average Bonchev–Trinajstić information content (AvgIpc) is 2.61. The van der Waals surface area contributed by atoms with E-state index in [-0.39, 0.29) is 30.6 Å². The van der Waals surface area contributed by atoms with Crippen LogP contribution in [0.1, 0.15) is 18.1 Å². The molecule has 0 spiro atoms. The smallest absolute Gasteiger partial charge is 0.242 e. The highest BCUT2D eigenvalue weighted by Crippen LogP contribution is 2.18. The normalized spacial score (nSPS) is 11.7. The predicted octanol–water partition coefficient (Wildman–Crippen LogP) is 3.18. The molecule has 132 valence electrons. The second-order valence-electron chi connectivity index (χ2n) is 5.71. The minimum atomic E-state index is -0.662. The molecule has 0 saturated heterocycles. The standard InChI is InChI=1S/C19H20ClFN2O2/c1-13(19(25)22-2)23(12-14-7-9-16(21)10-8-14)18(24)11-15-5-3-4-6-17(15)20/h3-10,13H,11-12H2,1-2H3,(H,22,25)/t13-/m0/s1. The zero-order valence-electron chi connectivity index (χ0n) is 14.1. The number of nitrogens with zero attached hydrogens (tertiary/aromatic N) is 1. The lowest BCUT2D eigenvalue weighted by molar-refractivity contribution is -0.139. The number of carbonyl (C=O) groups excluding carboxylic acids is 2. The van der Waals surface area contributed by atoms with E-state index >= 15 is 0 Å². The van der Waals surface area contributed by atoms with Crippen molar-refractivity contribution in [3.63, 3.8) is 0 Å². The number of benzene rings is 2. The summed E-state index contributed by atoms with van der Waals surface area (Å²) >= 11 is 6.13. The first-order valence-electron chi connectivity index (χ1n) is 7.91. The largest absolute Gasteiger partial charge is 0.357 e. The van der Waals surface area contributed by atoms with E-state index in [1.54, 1.807) is 43.3 Å². The van der Waals surface area contributed by atoms with Crippen molar-refractivity contribution < 1.29 is 14.0 Å². The Morgan fingerprint density at radius 3 is 2.40 bits per heavy atom. The van der Waals surface area contributed by atoms with E-state index in [9.17, 15) is 14.0 Å². The number of likely N-dealkylation sites (N-methyl/N-ethyl adjacent to an activating group) is 1. The van der Waals surface area contributed by atoms with E-state index < -0.39 is 6.04 Å². The Morgan fingerprint density at radius 1 is 1.16 bits per heavy atom. The minimum Gasteiger partial charge on any atom is -0.357 e. The highest BCUT2D eigenvalue weighted by molar-refractivity contribution is 6.31. The molecule has 1 atom stereocenters. The molecule has 4 nitrogen and oxygen atoms in total. The summed E-state index contributed by atoms with van der Waals surface area (Å²) in [6.07, 6.45) is 0.0855. The number of amides is 2. The number of carbonyl (C=O) groups is 2. The van der Waals surface area contributed by atoms with Crippen LogP contribution in [0, 0.1) is 5.82 Å². The van der Waals surface area contributed by atoms with Gasteiger partial charge in [-0.25, -0.2) is 4.39 Å². The van der Waals surface area contributed by atoms with Crippen molar-refractivity contribution in [1.82, 2.24) is 10.2 Å². The van der Waals surface area contributed by atoms with Crippen molar-refractivity contribution in [2.75, 3.05) is 7.05 Å². The molecule has 0 bridgehead atoms. The maximum absolute atomic E-state index is 13.1. The third kappa shape index (κ3) is 5.03. The zero-order chi connectivity index (χ0) is 18.4. The molecule has 0 saturated carbocycles. The third-order valence-electron chi connectivity index (χ3n) is 3.98. The monoisotopic (exact) mass is 362 g/mol. The lowest BCUT2D eigenvalue weighted by Crippen LogP contribution is -2.47. The lowest BCUT2D eigenvalue weighted by atomic mass is 10.1. The van der Waals surface area contributed by atoms with Gasteiger partial charge in [0.25, 0.3) is 0 Å². The zero-order valence-corrected chi connectivity index (χ0v) is 14.9. The molecule has 0 aliphatic heterocycles. The summed E-state index contributed by atoms with van der Waals surface area (Å²) in [5.41, 5.74) is 1.44. The quantitative estimate of drug-likeness (QED) is 0.858. The van der Waals surface area contributed by atoms with Gasteiger partial charge in [-0.1, -0.05) is 41.9 Å². The molecular weight excluding hydrogens is 343 g/mol. The minimum absolute atomic E-state index is 0.0855. The van der Waals surface area contributed by atoms with Gasteiger partial charge in [-0.05, 0) is 36.2 Å². The Kier molecular flexibility index (Phi) is 6.53. The molecule has 1 N–H and O–H groups in total. The predicted molar refractivity (Wildman–Crippen MR) is 95.6 cm³/mol. The molecule has 2 rings (SSSR count). The van der Waals surface area contributed by atoms with Crippen LogP contribution >= 0.6 is 11.6 Å². The molecule has 0 unspecified atom stereocenters. The van der Waals surface area contributed by atoms with Crippen LogP contribution in [0.5, 0.6) is 0 Å². The van der Waals surface area contributed by atoms with Gasteiger partial charge < -0.3 is 10.2 Å². The van der Waals surface area contributed by atoms with Gasteiger partial charge >= 0.3 is 0 Å². The first kappa shape index (κ1) is 18.9. The molecule has 0 fully saturated rings. The van der Waals surface area contributed by atoms with E-state index in [0.717, 1.165) is 5.56 Å². The topological polar surface area (TPSA) is 49.4 Å². The summed E-state index contributed by atoms with van der Waals surface area (Å²) in [7, 11) is 1.52. The molecule has 25 heavy (non-hydrogen) atoms. The highest BCUT2D eigenvalue weighted by Gasteiger charge is 2.25. The third-order valence-corrected chi connectivity index (χ3v) is 4.35. The fourth-order valence-corrected chi connectivity index (χ4v) is 2.69. The fraction of sp³-hybridized carbons (Fsp3) is 0.263. The Morgan fingerprint density at radius 2 is 1.80 bits per heavy atom. The van der Waals surface area contributed by atoms with Crippen LogP contribution in [0.2, 0.25) is 5.02 Å². The van der Waals surface area contributed by atoms with Crippen LogP contribution < -0.4 is 5.32 Å². The van der Waals surface area contributed by atoms with Crippen molar-refractivity contribution in [1.29, 1.82) is 0 Å². The van der Waals surface area contributed by atoms with Gasteiger partial charge in [-0.2, -0.15) is 0 Å². The molecule has 0 aromatic heterocycles. The Labute approximate surface area is 151 Å². The molecule has 2 aromatic carbocycles. The van der Waals surface area contributed by atoms with Crippen molar-refractivity contribution >= 4 is 23.4 Å². The van der Waals surface area contributed by atoms with Crippen LogP contribution in [0.25, 0.3) is 0 Å². The summed E-state index contributed by atoms with van der Waals surface area (Å²) in [6, 6.07) is 12.3. The molecule has 2 aromatic rings. The highest BCUT2D eigenvalue weighted by atomic mass is 35.5. The van der Waals surface area contributed by atoms with Crippen molar-refractivity contribution in [2.45, 2.75) is 25.9 Å². The summed E-state index contributed by atoms with van der Waals surface area (Å²) in [6.45, 7) is 1.87. The molecule has 0 radical (unpaired) electrons. The van der Waals surface area contributed by atoms with E-state index in [2.05, 4.69) is 5.32 Å².